The number of fused-ring (bicyclic) bond motifs is 3. The van der Waals surface area contributed by atoms with Gasteiger partial charge in [-0.2, -0.15) is 0 Å². The number of methoxy groups -OCH3 is 1. The maximum Gasteiger partial charge on any atom is 0.252 e. The Kier molecular flexibility index (Phi) is 4.07. The van der Waals surface area contributed by atoms with Crippen LogP contribution >= 0.6 is 11.3 Å². The maximum absolute atomic E-state index is 12.0. The number of hydrogen-bond acceptors (Lipinski definition) is 5. The van der Waals surface area contributed by atoms with E-state index in [-0.39, 0.29) is 11.3 Å². The SMILES string of the molecule is COc1ccccc1-c1cc(-c2ccccc2)c2c(n1)sc1c(O)cc(=O)[nH]c12. The number of para-hydroxylation sites is 1. The molecule has 5 rings (SSSR count). The molecule has 0 amide bonds. The molecule has 0 unspecified atom stereocenters. The molecule has 0 aliphatic rings. The molecule has 0 atom stereocenters. The first-order valence-electron chi connectivity index (χ1n) is 9.04. The number of H-pyrrole nitrogens is 1. The van der Waals surface area contributed by atoms with Crippen LogP contribution in [-0.4, -0.2) is 22.2 Å². The summed E-state index contributed by atoms with van der Waals surface area (Å²) in [5.41, 5.74) is 3.84. The first kappa shape index (κ1) is 17.5. The molecule has 5 nitrogen and oxygen atoms in total. The molecule has 0 radical (unpaired) electrons. The van der Waals surface area contributed by atoms with Gasteiger partial charge in [0.2, 0.25) is 0 Å². The number of nitrogens with one attached hydrogen (secondary N) is 1. The minimum Gasteiger partial charge on any atom is -0.506 e. The first-order chi connectivity index (χ1) is 14.2. The third-order valence-corrected chi connectivity index (χ3v) is 5.98. The summed E-state index contributed by atoms with van der Waals surface area (Å²) in [6, 6.07) is 20.9. The van der Waals surface area contributed by atoms with Crippen molar-refractivity contribution in [3.63, 3.8) is 0 Å². The Morgan fingerprint density at radius 1 is 1.00 bits per heavy atom. The number of thiophene rings is 1. The van der Waals surface area contributed by atoms with Gasteiger partial charge in [-0.15, -0.1) is 11.3 Å². The van der Waals surface area contributed by atoms with Crippen molar-refractivity contribution < 1.29 is 9.84 Å². The Hall–Kier alpha value is -3.64. The van der Waals surface area contributed by atoms with Crippen molar-refractivity contribution in [1.82, 2.24) is 9.97 Å². The number of pyridine rings is 2. The predicted molar refractivity (Wildman–Crippen MR) is 117 cm³/mol. The first-order valence-corrected chi connectivity index (χ1v) is 9.85. The largest absolute Gasteiger partial charge is 0.506 e. The van der Waals surface area contributed by atoms with Gasteiger partial charge in [-0.3, -0.25) is 4.79 Å². The Morgan fingerprint density at radius 3 is 2.55 bits per heavy atom. The van der Waals surface area contributed by atoms with E-state index in [4.69, 9.17) is 9.72 Å². The summed E-state index contributed by atoms with van der Waals surface area (Å²) in [5.74, 6) is 0.695. The van der Waals surface area contributed by atoms with Crippen LogP contribution in [0.3, 0.4) is 0 Å². The molecule has 0 spiro atoms. The zero-order valence-electron chi connectivity index (χ0n) is 15.5. The molecule has 29 heavy (non-hydrogen) atoms. The molecule has 5 aromatic rings. The summed E-state index contributed by atoms with van der Waals surface area (Å²) in [6.45, 7) is 0. The molecule has 3 aromatic heterocycles. The number of aromatic nitrogens is 2. The lowest BCUT2D eigenvalue weighted by atomic mass is 9.99. The quantitative estimate of drug-likeness (QED) is 0.437. The second-order valence-corrected chi connectivity index (χ2v) is 7.63. The van der Waals surface area contributed by atoms with Crippen LogP contribution in [0, 0.1) is 0 Å². The van der Waals surface area contributed by atoms with Crippen molar-refractivity contribution in [3.8, 4) is 33.9 Å². The number of benzene rings is 2. The second kappa shape index (κ2) is 6.76. The van der Waals surface area contributed by atoms with Crippen LogP contribution in [0.4, 0.5) is 0 Å². The summed E-state index contributed by atoms with van der Waals surface area (Å²) in [6.07, 6.45) is 0. The third kappa shape index (κ3) is 2.85. The lowest BCUT2D eigenvalue weighted by Gasteiger charge is -2.11. The third-order valence-electron chi connectivity index (χ3n) is 4.88. The van der Waals surface area contributed by atoms with Crippen LogP contribution in [0.25, 0.3) is 42.8 Å². The maximum atomic E-state index is 12.0. The smallest absolute Gasteiger partial charge is 0.252 e. The molecule has 0 aliphatic heterocycles. The van der Waals surface area contributed by atoms with Crippen LogP contribution in [0.5, 0.6) is 11.5 Å². The highest BCUT2D eigenvalue weighted by Crippen LogP contribution is 2.43. The molecule has 142 valence electrons. The van der Waals surface area contributed by atoms with Crippen LogP contribution in [0.15, 0.2) is 71.5 Å². The lowest BCUT2D eigenvalue weighted by molar-refractivity contribution is 0.416. The second-order valence-electron chi connectivity index (χ2n) is 6.63. The van der Waals surface area contributed by atoms with Crippen LogP contribution < -0.4 is 10.3 Å². The summed E-state index contributed by atoms with van der Waals surface area (Å²) < 4.78 is 6.14. The lowest BCUT2D eigenvalue weighted by Crippen LogP contribution is -2.02. The molecule has 0 saturated heterocycles. The molecule has 2 aromatic carbocycles. The minimum atomic E-state index is -0.345. The number of hydrogen-bond donors (Lipinski definition) is 2. The molecular weight excluding hydrogens is 384 g/mol. The number of aromatic amines is 1. The van der Waals surface area contributed by atoms with E-state index in [0.717, 1.165) is 38.4 Å². The monoisotopic (exact) mass is 400 g/mol. The number of aromatic hydroxyl groups is 1. The Labute approximate surface area is 169 Å². The predicted octanol–water partition coefficient (Wildman–Crippen LogP) is 5.19. The van der Waals surface area contributed by atoms with Crippen LogP contribution in [0.1, 0.15) is 0 Å². The average molecular weight is 400 g/mol. The van der Waals surface area contributed by atoms with Crippen molar-refractivity contribution in [2.24, 2.45) is 0 Å². The van der Waals surface area contributed by atoms with Crippen molar-refractivity contribution in [1.29, 1.82) is 0 Å². The summed E-state index contributed by atoms with van der Waals surface area (Å²) in [5, 5.41) is 11.1. The van der Waals surface area contributed by atoms with Gasteiger partial charge in [0.25, 0.3) is 5.56 Å². The van der Waals surface area contributed by atoms with E-state index in [9.17, 15) is 9.90 Å². The van der Waals surface area contributed by atoms with Gasteiger partial charge in [0.05, 0.1) is 23.0 Å². The van der Waals surface area contributed by atoms with E-state index in [2.05, 4.69) is 4.98 Å². The van der Waals surface area contributed by atoms with Crippen molar-refractivity contribution in [3.05, 3.63) is 77.1 Å². The standard InChI is InChI=1S/C23H16N2O3S/c1-28-18-10-6-5-9-14(18)16-11-15(13-7-3-2-4-8-13)20-21-22(29-23(20)24-16)17(26)12-19(27)25-21/h2-12H,1H3,(H2,25,26,27). The normalized spacial score (nSPS) is 11.2. The van der Waals surface area contributed by atoms with Crippen molar-refractivity contribution in [2.45, 2.75) is 0 Å². The van der Waals surface area contributed by atoms with Gasteiger partial charge >= 0.3 is 0 Å². The van der Waals surface area contributed by atoms with E-state index < -0.39 is 0 Å². The van der Waals surface area contributed by atoms with E-state index in [1.807, 2.05) is 60.7 Å². The number of ether oxygens (including phenoxy) is 1. The van der Waals surface area contributed by atoms with Gasteiger partial charge in [-0.25, -0.2) is 4.98 Å². The molecule has 3 heterocycles. The highest BCUT2D eigenvalue weighted by atomic mass is 32.1. The summed E-state index contributed by atoms with van der Waals surface area (Å²) in [7, 11) is 1.64. The number of nitrogens with zero attached hydrogens (tertiary/aromatic N) is 1. The fourth-order valence-electron chi connectivity index (χ4n) is 3.59. The van der Waals surface area contributed by atoms with Gasteiger partial charge in [0.1, 0.15) is 16.3 Å². The summed E-state index contributed by atoms with van der Waals surface area (Å²) in [4.78, 5) is 20.5. The Morgan fingerprint density at radius 2 is 1.76 bits per heavy atom. The van der Waals surface area contributed by atoms with E-state index in [1.165, 1.54) is 17.4 Å². The fourth-order valence-corrected chi connectivity index (χ4v) is 4.66. The highest BCUT2D eigenvalue weighted by molar-refractivity contribution is 7.25. The average Bonchev–Trinajstić information content (AvgIpc) is 3.12. The van der Waals surface area contributed by atoms with E-state index >= 15 is 0 Å². The van der Waals surface area contributed by atoms with Crippen molar-refractivity contribution in [2.75, 3.05) is 7.11 Å². The molecular formula is C23H16N2O3S. The zero-order chi connectivity index (χ0) is 20.0. The van der Waals surface area contributed by atoms with Gasteiger partial charge < -0.3 is 14.8 Å². The summed E-state index contributed by atoms with van der Waals surface area (Å²) >= 11 is 1.36. The highest BCUT2D eigenvalue weighted by Gasteiger charge is 2.19. The van der Waals surface area contributed by atoms with Gasteiger partial charge in [0, 0.05) is 17.0 Å². The van der Waals surface area contributed by atoms with Gasteiger partial charge in [-0.1, -0.05) is 42.5 Å². The van der Waals surface area contributed by atoms with Crippen LogP contribution in [-0.2, 0) is 0 Å². The molecule has 2 N–H and O–H groups in total. The molecule has 0 aliphatic carbocycles. The fraction of sp³-hybridized carbons (Fsp3) is 0.0435. The zero-order valence-corrected chi connectivity index (χ0v) is 16.3. The van der Waals surface area contributed by atoms with Crippen molar-refractivity contribution >= 4 is 31.8 Å². The van der Waals surface area contributed by atoms with Gasteiger partial charge in [0.15, 0.2) is 0 Å². The molecule has 6 heteroatoms. The topological polar surface area (TPSA) is 75.2 Å². The molecule has 0 bridgehead atoms. The van der Waals surface area contributed by atoms with Crippen LogP contribution in [0.2, 0.25) is 0 Å². The Balaban J connectivity index is 1.93. The number of rotatable bonds is 3. The molecule has 0 fully saturated rings. The van der Waals surface area contributed by atoms with Gasteiger partial charge in [-0.05, 0) is 29.3 Å². The van der Waals surface area contributed by atoms with E-state index in [1.54, 1.807) is 7.11 Å². The van der Waals surface area contributed by atoms with E-state index in [0.29, 0.717) is 10.2 Å². The Bertz CT molecular complexity index is 1420. The molecule has 0 saturated carbocycles. The minimum absolute atomic E-state index is 0.0374.